The van der Waals surface area contributed by atoms with Crippen LogP contribution in [0.4, 0.5) is 8.78 Å². The minimum Gasteiger partial charge on any atom is -0.323 e. The van der Waals surface area contributed by atoms with E-state index in [1.54, 1.807) is 6.07 Å². The fourth-order valence-corrected chi connectivity index (χ4v) is 1.51. The van der Waals surface area contributed by atoms with Gasteiger partial charge >= 0.3 is 0 Å². The topological polar surface area (TPSA) is 38.9 Å². The van der Waals surface area contributed by atoms with Gasteiger partial charge in [0.05, 0.1) is 6.04 Å². The predicted octanol–water partition coefficient (Wildman–Crippen LogP) is 2.63. The molecule has 0 aliphatic carbocycles. The fourth-order valence-electron chi connectivity index (χ4n) is 0.951. The summed E-state index contributed by atoms with van der Waals surface area (Å²) in [7, 11) is 0. The van der Waals surface area contributed by atoms with Crippen molar-refractivity contribution in [3.05, 3.63) is 27.5 Å². The highest BCUT2D eigenvalue weighted by atomic mass is 79.9. The first kappa shape index (κ1) is 11.8. The van der Waals surface area contributed by atoms with Gasteiger partial charge in [0.2, 0.25) is 0 Å². The van der Waals surface area contributed by atoms with Crippen molar-refractivity contribution in [2.24, 2.45) is 5.73 Å². The molecule has 0 aromatic carbocycles. The average molecular weight is 286 g/mol. The largest absolute Gasteiger partial charge is 0.323 e. The van der Waals surface area contributed by atoms with Crippen molar-refractivity contribution in [3.63, 3.8) is 0 Å². The molecule has 78 valence electrons. The van der Waals surface area contributed by atoms with Gasteiger partial charge in [-0.3, -0.25) is 0 Å². The zero-order chi connectivity index (χ0) is 10.7. The number of alkyl halides is 2. The van der Waals surface area contributed by atoms with Gasteiger partial charge in [-0.05, 0) is 34.0 Å². The molecule has 0 spiro atoms. The Hall–Kier alpha value is -0.260. The highest BCUT2D eigenvalue weighted by Crippen LogP contribution is 2.20. The molecule has 0 fully saturated rings. The van der Waals surface area contributed by atoms with E-state index in [2.05, 4.69) is 20.9 Å². The summed E-state index contributed by atoms with van der Waals surface area (Å²) in [5.74, 6) is 0. The Morgan fingerprint density at radius 1 is 1.57 bits per heavy atom. The summed E-state index contributed by atoms with van der Waals surface area (Å²) >= 11 is 8.89. The van der Waals surface area contributed by atoms with Gasteiger partial charge < -0.3 is 5.73 Å². The summed E-state index contributed by atoms with van der Waals surface area (Å²) in [5.41, 5.74) is 5.74. The molecular formula is C8H8BrClF2N2. The van der Waals surface area contributed by atoms with E-state index in [4.69, 9.17) is 17.3 Å². The van der Waals surface area contributed by atoms with E-state index in [9.17, 15) is 8.78 Å². The third-order valence-electron chi connectivity index (χ3n) is 1.66. The number of aromatic nitrogens is 1. The van der Waals surface area contributed by atoms with Crippen LogP contribution in [-0.4, -0.2) is 17.5 Å². The van der Waals surface area contributed by atoms with E-state index >= 15 is 0 Å². The van der Waals surface area contributed by atoms with Crippen LogP contribution in [0, 0.1) is 0 Å². The first-order valence-corrected chi connectivity index (χ1v) is 5.01. The standard InChI is InChI=1S/C8H8BrClF2N2/c9-5-1-4(7(10)14-3-5)2-6(13)8(11)12/h1,3,6,8H,2,13H2. The summed E-state index contributed by atoms with van der Waals surface area (Å²) in [6.07, 6.45) is -1.03. The van der Waals surface area contributed by atoms with Crippen LogP contribution in [0.5, 0.6) is 0 Å². The van der Waals surface area contributed by atoms with Crippen LogP contribution in [0.15, 0.2) is 16.7 Å². The van der Waals surface area contributed by atoms with Crippen LogP contribution in [0.25, 0.3) is 0 Å². The summed E-state index contributed by atoms with van der Waals surface area (Å²) in [6.45, 7) is 0. The first-order valence-electron chi connectivity index (χ1n) is 3.84. The van der Waals surface area contributed by atoms with Crippen molar-refractivity contribution in [1.29, 1.82) is 0 Å². The molecule has 2 N–H and O–H groups in total. The Bertz CT molecular complexity index is 322. The zero-order valence-corrected chi connectivity index (χ0v) is 9.39. The van der Waals surface area contributed by atoms with Gasteiger partial charge in [0.15, 0.2) is 0 Å². The molecule has 0 aliphatic heterocycles. The van der Waals surface area contributed by atoms with Crippen LogP contribution in [0.2, 0.25) is 5.15 Å². The lowest BCUT2D eigenvalue weighted by Crippen LogP contribution is -2.31. The van der Waals surface area contributed by atoms with E-state index < -0.39 is 12.5 Å². The molecule has 14 heavy (non-hydrogen) atoms. The Morgan fingerprint density at radius 3 is 2.79 bits per heavy atom. The molecule has 6 heteroatoms. The molecule has 1 aromatic heterocycles. The van der Waals surface area contributed by atoms with Crippen LogP contribution in [-0.2, 0) is 6.42 Å². The number of rotatable bonds is 3. The summed E-state index contributed by atoms with van der Waals surface area (Å²) < 4.78 is 25.0. The monoisotopic (exact) mass is 284 g/mol. The Kier molecular flexibility index (Phi) is 4.22. The molecule has 2 nitrogen and oxygen atoms in total. The average Bonchev–Trinajstić information content (AvgIpc) is 2.11. The maximum absolute atomic E-state index is 12.1. The van der Waals surface area contributed by atoms with E-state index in [-0.39, 0.29) is 11.6 Å². The van der Waals surface area contributed by atoms with Crippen molar-refractivity contribution in [3.8, 4) is 0 Å². The molecule has 0 saturated heterocycles. The van der Waals surface area contributed by atoms with Gasteiger partial charge in [-0.1, -0.05) is 11.6 Å². The quantitative estimate of drug-likeness (QED) is 0.867. The Labute approximate surface area is 93.6 Å². The maximum Gasteiger partial charge on any atom is 0.253 e. The Balaban J connectivity index is 2.80. The van der Waals surface area contributed by atoms with Gasteiger partial charge in [0.25, 0.3) is 6.43 Å². The van der Waals surface area contributed by atoms with Crippen molar-refractivity contribution < 1.29 is 8.78 Å². The summed E-state index contributed by atoms with van der Waals surface area (Å²) in [4.78, 5) is 3.81. The molecule has 0 aliphatic rings. The molecule has 1 unspecified atom stereocenters. The predicted molar refractivity (Wildman–Crippen MR) is 54.6 cm³/mol. The number of hydrogen-bond acceptors (Lipinski definition) is 2. The molecule has 0 radical (unpaired) electrons. The maximum atomic E-state index is 12.1. The van der Waals surface area contributed by atoms with E-state index in [0.29, 0.717) is 10.0 Å². The summed E-state index contributed by atoms with van der Waals surface area (Å²) in [6, 6.07) is 0.431. The second-order valence-electron chi connectivity index (χ2n) is 2.81. The molecule has 1 heterocycles. The minimum atomic E-state index is -2.55. The highest BCUT2D eigenvalue weighted by Gasteiger charge is 2.17. The number of nitrogens with two attached hydrogens (primary N) is 1. The lowest BCUT2D eigenvalue weighted by atomic mass is 10.1. The van der Waals surface area contributed by atoms with Gasteiger partial charge in [0.1, 0.15) is 5.15 Å². The van der Waals surface area contributed by atoms with Gasteiger partial charge in [-0.2, -0.15) is 0 Å². The number of nitrogens with zero attached hydrogens (tertiary/aromatic N) is 1. The van der Waals surface area contributed by atoms with E-state index in [1.807, 2.05) is 0 Å². The van der Waals surface area contributed by atoms with Gasteiger partial charge in [0, 0.05) is 10.7 Å². The van der Waals surface area contributed by atoms with Crippen LogP contribution in [0.1, 0.15) is 5.56 Å². The van der Waals surface area contributed by atoms with E-state index in [0.717, 1.165) is 0 Å². The molecule has 1 aromatic rings. The molecule has 1 rings (SSSR count). The van der Waals surface area contributed by atoms with Crippen molar-refractivity contribution in [2.45, 2.75) is 18.9 Å². The fraction of sp³-hybridized carbons (Fsp3) is 0.375. The third kappa shape index (κ3) is 3.15. The minimum absolute atomic E-state index is 0.0168. The van der Waals surface area contributed by atoms with E-state index in [1.165, 1.54) is 6.20 Å². The van der Waals surface area contributed by atoms with Crippen molar-refractivity contribution in [1.82, 2.24) is 4.98 Å². The van der Waals surface area contributed by atoms with Gasteiger partial charge in [-0.15, -0.1) is 0 Å². The molecule has 0 bridgehead atoms. The zero-order valence-electron chi connectivity index (χ0n) is 7.05. The molecule has 1 atom stereocenters. The number of halogens is 4. The van der Waals surface area contributed by atoms with Crippen LogP contribution in [0.3, 0.4) is 0 Å². The second-order valence-corrected chi connectivity index (χ2v) is 4.08. The Morgan fingerprint density at radius 2 is 2.21 bits per heavy atom. The van der Waals surface area contributed by atoms with Crippen LogP contribution >= 0.6 is 27.5 Å². The SMILES string of the molecule is NC(Cc1cc(Br)cnc1Cl)C(F)F. The molecule has 0 amide bonds. The molecular weight excluding hydrogens is 277 g/mol. The number of hydrogen-bond donors (Lipinski definition) is 1. The third-order valence-corrected chi connectivity index (χ3v) is 2.43. The second kappa shape index (κ2) is 5.00. The normalized spacial score (nSPS) is 13.3. The smallest absolute Gasteiger partial charge is 0.253 e. The summed E-state index contributed by atoms with van der Waals surface area (Å²) in [5, 5.41) is 0.212. The van der Waals surface area contributed by atoms with Crippen molar-refractivity contribution >= 4 is 27.5 Å². The lowest BCUT2D eigenvalue weighted by Gasteiger charge is -2.11. The first-order chi connectivity index (χ1) is 6.50. The van der Waals surface area contributed by atoms with Crippen molar-refractivity contribution in [2.75, 3.05) is 0 Å². The highest BCUT2D eigenvalue weighted by molar-refractivity contribution is 9.10. The lowest BCUT2D eigenvalue weighted by molar-refractivity contribution is 0.116. The number of pyridine rings is 1. The molecule has 0 saturated carbocycles. The van der Waals surface area contributed by atoms with Crippen LogP contribution < -0.4 is 5.73 Å². The van der Waals surface area contributed by atoms with Gasteiger partial charge in [-0.25, -0.2) is 13.8 Å².